The summed E-state index contributed by atoms with van der Waals surface area (Å²) in [6, 6.07) is 9.35. The van der Waals surface area contributed by atoms with Crippen LogP contribution in [0.15, 0.2) is 39.6 Å². The molecule has 24 heavy (non-hydrogen) atoms. The molecular formula is C17H16ClN3O3. The second-order valence-electron chi connectivity index (χ2n) is 5.76. The van der Waals surface area contributed by atoms with Gasteiger partial charge in [0.25, 0.3) is 5.56 Å². The Labute approximate surface area is 143 Å². The first-order valence-corrected chi connectivity index (χ1v) is 8.11. The van der Waals surface area contributed by atoms with Crippen molar-refractivity contribution in [3.63, 3.8) is 0 Å². The number of anilines is 1. The fourth-order valence-corrected chi connectivity index (χ4v) is 3.34. The van der Waals surface area contributed by atoms with E-state index >= 15 is 0 Å². The number of pyridine rings is 1. The Morgan fingerprint density at radius 1 is 1.21 bits per heavy atom. The molecule has 0 radical (unpaired) electrons. The van der Waals surface area contributed by atoms with Crippen LogP contribution < -0.4 is 10.5 Å². The molecule has 124 valence electrons. The molecule has 1 aliphatic rings. The molecule has 0 atom stereocenters. The number of aromatic nitrogens is 2. The van der Waals surface area contributed by atoms with E-state index in [2.05, 4.69) is 10.1 Å². The smallest absolute Gasteiger partial charge is 0.278 e. The molecule has 0 unspecified atom stereocenters. The molecule has 0 spiro atoms. The number of hydrogen-bond acceptors (Lipinski definition) is 5. The van der Waals surface area contributed by atoms with Gasteiger partial charge in [-0.1, -0.05) is 23.4 Å². The Morgan fingerprint density at radius 2 is 1.96 bits per heavy atom. The molecule has 7 heteroatoms. The molecule has 3 heterocycles. The number of benzene rings is 1. The minimum atomic E-state index is -0.312. The van der Waals surface area contributed by atoms with Crippen molar-refractivity contribution in [3.05, 3.63) is 46.4 Å². The quantitative estimate of drug-likeness (QED) is 0.714. The van der Waals surface area contributed by atoms with E-state index in [1.54, 1.807) is 6.07 Å². The van der Waals surface area contributed by atoms with Crippen molar-refractivity contribution < 1.29 is 9.26 Å². The predicted molar refractivity (Wildman–Crippen MR) is 92.7 cm³/mol. The van der Waals surface area contributed by atoms with Crippen LogP contribution in [0.5, 0.6) is 0 Å². The summed E-state index contributed by atoms with van der Waals surface area (Å²) in [5, 5.41) is 4.82. The number of aryl methyl sites for hydroxylation is 1. The van der Waals surface area contributed by atoms with E-state index in [4.69, 9.17) is 21.0 Å². The molecule has 0 aliphatic carbocycles. The standard InChI is InChI=1S/C17H16ClN3O3/c1-11-10-14(24-19-11)15-16(20-6-8-23-9-7-20)12-4-2-3-5-13(12)21(18)17(15)22/h2-5,10H,6-9H2,1H3. The first kappa shape index (κ1) is 15.2. The van der Waals surface area contributed by atoms with E-state index in [1.165, 1.54) is 0 Å². The number of ether oxygens (including phenoxy) is 1. The third-order valence-corrected chi connectivity index (χ3v) is 4.54. The van der Waals surface area contributed by atoms with Crippen molar-refractivity contribution in [1.82, 2.24) is 9.24 Å². The van der Waals surface area contributed by atoms with E-state index in [1.807, 2.05) is 31.2 Å². The molecule has 0 amide bonds. The van der Waals surface area contributed by atoms with Gasteiger partial charge in [-0.15, -0.1) is 0 Å². The predicted octanol–water partition coefficient (Wildman–Crippen LogP) is 2.80. The molecule has 6 nitrogen and oxygen atoms in total. The summed E-state index contributed by atoms with van der Waals surface area (Å²) >= 11 is 6.30. The number of nitrogens with zero attached hydrogens (tertiary/aromatic N) is 3. The van der Waals surface area contributed by atoms with Crippen LogP contribution >= 0.6 is 11.8 Å². The zero-order valence-electron chi connectivity index (χ0n) is 13.2. The third-order valence-electron chi connectivity index (χ3n) is 4.20. The third kappa shape index (κ3) is 2.39. The molecular weight excluding hydrogens is 330 g/mol. The lowest BCUT2D eigenvalue weighted by Crippen LogP contribution is -2.38. The molecule has 1 fully saturated rings. The molecule has 3 aromatic rings. The van der Waals surface area contributed by atoms with Crippen molar-refractivity contribution in [1.29, 1.82) is 0 Å². The summed E-state index contributed by atoms with van der Waals surface area (Å²) < 4.78 is 12.0. The summed E-state index contributed by atoms with van der Waals surface area (Å²) in [5.74, 6) is 0.430. The van der Waals surface area contributed by atoms with E-state index < -0.39 is 0 Å². The van der Waals surface area contributed by atoms with Crippen LogP contribution in [0.25, 0.3) is 22.2 Å². The largest absolute Gasteiger partial charge is 0.378 e. The van der Waals surface area contributed by atoms with E-state index in [0.717, 1.165) is 15.2 Å². The number of morpholine rings is 1. The number of fused-ring (bicyclic) bond motifs is 1. The summed E-state index contributed by atoms with van der Waals surface area (Å²) in [7, 11) is 0. The van der Waals surface area contributed by atoms with Gasteiger partial charge >= 0.3 is 0 Å². The lowest BCUT2D eigenvalue weighted by molar-refractivity contribution is 0.123. The maximum atomic E-state index is 12.9. The average molecular weight is 346 g/mol. The number of halogens is 1. The van der Waals surface area contributed by atoms with Gasteiger partial charge in [0.05, 0.1) is 30.1 Å². The Morgan fingerprint density at radius 3 is 2.67 bits per heavy atom. The topological polar surface area (TPSA) is 60.5 Å². The fourth-order valence-electron chi connectivity index (χ4n) is 3.11. The Balaban J connectivity index is 2.08. The molecule has 1 saturated heterocycles. The zero-order valence-corrected chi connectivity index (χ0v) is 13.9. The van der Waals surface area contributed by atoms with Crippen molar-refractivity contribution in [3.8, 4) is 11.3 Å². The number of rotatable bonds is 2. The maximum Gasteiger partial charge on any atom is 0.278 e. The summed E-state index contributed by atoms with van der Waals surface area (Å²) in [4.78, 5) is 15.1. The van der Waals surface area contributed by atoms with Crippen molar-refractivity contribution in [2.24, 2.45) is 0 Å². The first-order chi connectivity index (χ1) is 11.7. The van der Waals surface area contributed by atoms with E-state index in [0.29, 0.717) is 48.8 Å². The van der Waals surface area contributed by atoms with Crippen molar-refractivity contribution >= 4 is 28.4 Å². The SMILES string of the molecule is Cc1cc(-c2c(N3CCOCC3)c3ccccc3n(Cl)c2=O)on1. The minimum Gasteiger partial charge on any atom is -0.378 e. The molecule has 1 aliphatic heterocycles. The highest BCUT2D eigenvalue weighted by Gasteiger charge is 2.25. The van der Waals surface area contributed by atoms with Crippen LogP contribution in [-0.4, -0.2) is 35.5 Å². The average Bonchev–Trinajstić information content (AvgIpc) is 3.04. The van der Waals surface area contributed by atoms with Gasteiger partial charge in [-0.2, -0.15) is 0 Å². The lowest BCUT2D eigenvalue weighted by Gasteiger charge is -2.31. The van der Waals surface area contributed by atoms with E-state index in [9.17, 15) is 4.79 Å². The molecule has 0 bridgehead atoms. The lowest BCUT2D eigenvalue weighted by atomic mass is 10.1. The zero-order chi connectivity index (χ0) is 16.7. The van der Waals surface area contributed by atoms with Gasteiger partial charge in [0.15, 0.2) is 5.76 Å². The second kappa shape index (κ2) is 5.96. The molecule has 4 rings (SSSR count). The van der Waals surface area contributed by atoms with Crippen LogP contribution in [0.3, 0.4) is 0 Å². The van der Waals surface area contributed by atoms with Gasteiger partial charge < -0.3 is 14.2 Å². The monoisotopic (exact) mass is 345 g/mol. The van der Waals surface area contributed by atoms with Gasteiger partial charge in [0.2, 0.25) is 0 Å². The molecule has 1 aromatic carbocycles. The van der Waals surface area contributed by atoms with E-state index in [-0.39, 0.29) is 5.56 Å². The van der Waals surface area contributed by atoms with Crippen LogP contribution in [0, 0.1) is 6.92 Å². The highest BCUT2D eigenvalue weighted by molar-refractivity contribution is 6.20. The van der Waals surface area contributed by atoms with Gasteiger partial charge in [0, 0.05) is 36.3 Å². The second-order valence-corrected chi connectivity index (χ2v) is 6.10. The fraction of sp³-hybridized carbons (Fsp3) is 0.294. The van der Waals surface area contributed by atoms with Gasteiger partial charge in [-0.3, -0.25) is 4.79 Å². The van der Waals surface area contributed by atoms with Gasteiger partial charge in [0.1, 0.15) is 5.56 Å². The van der Waals surface area contributed by atoms with Crippen molar-refractivity contribution in [2.75, 3.05) is 31.2 Å². The summed E-state index contributed by atoms with van der Waals surface area (Å²) in [6.07, 6.45) is 0. The van der Waals surface area contributed by atoms with Crippen LogP contribution in [0.1, 0.15) is 5.69 Å². The highest BCUT2D eigenvalue weighted by atomic mass is 35.5. The minimum absolute atomic E-state index is 0.312. The summed E-state index contributed by atoms with van der Waals surface area (Å²) in [5.41, 5.74) is 2.34. The summed E-state index contributed by atoms with van der Waals surface area (Å²) in [6.45, 7) is 4.47. The molecule has 2 aromatic heterocycles. The number of hydrogen-bond donors (Lipinski definition) is 0. The molecule has 0 saturated carbocycles. The highest BCUT2D eigenvalue weighted by Crippen LogP contribution is 2.36. The van der Waals surface area contributed by atoms with Crippen LogP contribution in [0.2, 0.25) is 0 Å². The molecule has 0 N–H and O–H groups in total. The van der Waals surface area contributed by atoms with Crippen molar-refractivity contribution in [2.45, 2.75) is 6.92 Å². The van der Waals surface area contributed by atoms with Crippen LogP contribution in [0.4, 0.5) is 5.69 Å². The van der Waals surface area contributed by atoms with Crippen LogP contribution in [-0.2, 0) is 4.74 Å². The Hall–Kier alpha value is -2.31. The van der Waals surface area contributed by atoms with Gasteiger partial charge in [-0.25, -0.2) is 4.09 Å². The Kier molecular flexibility index (Phi) is 3.78. The maximum absolute atomic E-state index is 12.9. The normalized spacial score (nSPS) is 15.2. The van der Waals surface area contributed by atoms with Gasteiger partial charge in [-0.05, 0) is 13.0 Å². The number of para-hydroxylation sites is 1. The first-order valence-electron chi connectivity index (χ1n) is 7.77. The Bertz CT molecular complexity index is 957.